The number of hydrogen-bond acceptors (Lipinski definition) is 3. The van der Waals surface area contributed by atoms with Gasteiger partial charge in [-0.1, -0.05) is 29.8 Å². The molecule has 2 aliphatic heterocycles. The molecule has 2 atom stereocenters. The van der Waals surface area contributed by atoms with Crippen LogP contribution in [0.1, 0.15) is 34.2 Å². The highest BCUT2D eigenvalue weighted by Crippen LogP contribution is 2.54. The van der Waals surface area contributed by atoms with Gasteiger partial charge in [-0.05, 0) is 36.2 Å². The largest absolute Gasteiger partial charge is 0.336 e. The Hall–Kier alpha value is -3.19. The molecule has 2 aromatic carbocycles. The normalized spacial score (nSPS) is 22.4. The van der Waals surface area contributed by atoms with E-state index in [0.29, 0.717) is 18.8 Å². The number of nitrogens with zero attached hydrogens (tertiary/aromatic N) is 3. The van der Waals surface area contributed by atoms with Crippen molar-refractivity contribution in [3.05, 3.63) is 82.6 Å². The van der Waals surface area contributed by atoms with Gasteiger partial charge in [-0.15, -0.1) is 0 Å². The van der Waals surface area contributed by atoms with Crippen LogP contribution < -0.4 is 5.32 Å². The van der Waals surface area contributed by atoms with Gasteiger partial charge < -0.3 is 14.8 Å². The molecule has 1 saturated heterocycles. The van der Waals surface area contributed by atoms with Crippen molar-refractivity contribution in [3.8, 4) is 0 Å². The van der Waals surface area contributed by atoms with Crippen LogP contribution >= 0.6 is 11.6 Å². The number of carbonyl (C=O) groups is 2. The Morgan fingerprint density at radius 1 is 1.30 bits per heavy atom. The summed E-state index contributed by atoms with van der Waals surface area (Å²) in [5.74, 6) is -0.562. The molecule has 1 spiro atoms. The van der Waals surface area contributed by atoms with Crippen LogP contribution in [0, 0.1) is 5.82 Å². The van der Waals surface area contributed by atoms with Crippen LogP contribution in [0.25, 0.3) is 0 Å². The zero-order valence-corrected chi connectivity index (χ0v) is 16.9. The number of para-hydroxylation sites is 1. The summed E-state index contributed by atoms with van der Waals surface area (Å²) in [5.41, 5.74) is 0.661. The highest BCUT2D eigenvalue weighted by atomic mass is 35.5. The topological polar surface area (TPSA) is 67.2 Å². The Morgan fingerprint density at radius 3 is 2.87 bits per heavy atom. The second-order valence-electron chi connectivity index (χ2n) is 7.64. The standard InChI is InChI=1S/C22H18ClFN4O2/c1-27-11-9-25-19(27)18-22(15-4-2-3-5-17(15)26-21(22)30)8-10-28(18)20(29)14-12-13(24)6-7-16(14)23/h2-7,9,11-12,18H,8,10H2,1H3,(H,26,30)/t18-,22+/m0/s1. The van der Waals surface area contributed by atoms with Crippen molar-refractivity contribution < 1.29 is 14.0 Å². The maximum atomic E-state index is 13.9. The van der Waals surface area contributed by atoms with Crippen LogP contribution in [-0.4, -0.2) is 32.8 Å². The van der Waals surface area contributed by atoms with E-state index in [9.17, 15) is 14.0 Å². The summed E-state index contributed by atoms with van der Waals surface area (Å²) in [5, 5.41) is 3.13. The quantitative estimate of drug-likeness (QED) is 0.682. The average Bonchev–Trinajstić information content (AvgIpc) is 3.40. The van der Waals surface area contributed by atoms with Crippen molar-refractivity contribution in [3.63, 3.8) is 0 Å². The van der Waals surface area contributed by atoms with Crippen molar-refractivity contribution in [2.75, 3.05) is 11.9 Å². The molecule has 1 fully saturated rings. The number of hydrogen-bond donors (Lipinski definition) is 1. The van der Waals surface area contributed by atoms with Crippen molar-refractivity contribution in [2.45, 2.75) is 17.9 Å². The van der Waals surface area contributed by atoms with Gasteiger partial charge in [0, 0.05) is 31.7 Å². The van der Waals surface area contributed by atoms with Crippen LogP contribution in [0.5, 0.6) is 0 Å². The molecular weight excluding hydrogens is 407 g/mol. The Morgan fingerprint density at radius 2 is 2.10 bits per heavy atom. The molecular formula is C22H18ClFN4O2. The molecule has 0 bridgehead atoms. The monoisotopic (exact) mass is 424 g/mol. The molecule has 2 aliphatic rings. The maximum Gasteiger partial charge on any atom is 0.256 e. The number of benzene rings is 2. The third-order valence-electron chi connectivity index (χ3n) is 6.11. The number of nitrogens with one attached hydrogen (secondary N) is 1. The third kappa shape index (κ3) is 2.51. The first kappa shape index (κ1) is 18.8. The van der Waals surface area contributed by atoms with Crippen molar-refractivity contribution >= 4 is 29.1 Å². The van der Waals surface area contributed by atoms with Gasteiger partial charge in [0.15, 0.2) is 0 Å². The number of aromatic nitrogens is 2. The molecule has 8 heteroatoms. The first-order valence-corrected chi connectivity index (χ1v) is 9.95. The fraction of sp³-hybridized carbons (Fsp3) is 0.227. The van der Waals surface area contributed by atoms with E-state index in [-0.39, 0.29) is 16.5 Å². The van der Waals surface area contributed by atoms with E-state index in [1.165, 1.54) is 12.1 Å². The Labute approximate surface area is 177 Å². The highest BCUT2D eigenvalue weighted by molar-refractivity contribution is 6.33. The number of halogens is 2. The number of carbonyl (C=O) groups excluding carboxylic acids is 2. The van der Waals surface area contributed by atoms with Crippen LogP contribution in [0.15, 0.2) is 54.9 Å². The number of imidazole rings is 1. The lowest BCUT2D eigenvalue weighted by Crippen LogP contribution is -2.43. The Bertz CT molecular complexity index is 1190. The minimum Gasteiger partial charge on any atom is -0.336 e. The lowest BCUT2D eigenvalue weighted by atomic mass is 9.74. The summed E-state index contributed by atoms with van der Waals surface area (Å²) in [7, 11) is 1.82. The lowest BCUT2D eigenvalue weighted by Gasteiger charge is -2.33. The van der Waals surface area contributed by atoms with Crippen LogP contribution in [0.2, 0.25) is 5.02 Å². The number of likely N-dealkylation sites (tertiary alicyclic amines) is 1. The Kier molecular flexibility index (Phi) is 4.18. The third-order valence-corrected chi connectivity index (χ3v) is 6.44. The molecule has 1 aromatic heterocycles. The van der Waals surface area contributed by atoms with Gasteiger partial charge in [-0.25, -0.2) is 9.37 Å². The first-order valence-electron chi connectivity index (χ1n) is 9.57. The summed E-state index contributed by atoms with van der Waals surface area (Å²) < 4.78 is 15.7. The van der Waals surface area contributed by atoms with Gasteiger partial charge in [0.2, 0.25) is 5.91 Å². The second-order valence-corrected chi connectivity index (χ2v) is 8.05. The minimum atomic E-state index is -0.981. The van der Waals surface area contributed by atoms with Gasteiger partial charge in [0.1, 0.15) is 23.1 Å². The van der Waals surface area contributed by atoms with Crippen molar-refractivity contribution in [2.24, 2.45) is 7.05 Å². The molecule has 1 N–H and O–H groups in total. The molecule has 2 amide bonds. The SMILES string of the molecule is Cn1ccnc1[C@@H]1N(C(=O)c2cc(F)ccc2Cl)CC[C@]12C(=O)Nc1ccccc12. The summed E-state index contributed by atoms with van der Waals surface area (Å²) in [6.45, 7) is 0.310. The molecule has 0 unspecified atom stereocenters. The second kappa shape index (κ2) is 6.67. The molecule has 30 heavy (non-hydrogen) atoms. The van der Waals surface area contributed by atoms with E-state index in [0.717, 1.165) is 17.3 Å². The van der Waals surface area contributed by atoms with Crippen LogP contribution in [0.3, 0.4) is 0 Å². The van der Waals surface area contributed by atoms with Crippen molar-refractivity contribution in [1.29, 1.82) is 0 Å². The van der Waals surface area contributed by atoms with Crippen molar-refractivity contribution in [1.82, 2.24) is 14.5 Å². The number of fused-ring (bicyclic) bond motifs is 2. The molecule has 152 valence electrons. The summed E-state index contributed by atoms with van der Waals surface area (Å²) in [6, 6.07) is 10.5. The van der Waals surface area contributed by atoms with Gasteiger partial charge >= 0.3 is 0 Å². The molecule has 5 rings (SSSR count). The minimum absolute atomic E-state index is 0.0691. The van der Waals surface area contributed by atoms with Gasteiger partial charge in [0.25, 0.3) is 5.91 Å². The molecule has 3 heterocycles. The summed E-state index contributed by atoms with van der Waals surface area (Å²) in [4.78, 5) is 32.9. The zero-order chi connectivity index (χ0) is 21.0. The van der Waals surface area contributed by atoms with Gasteiger partial charge in [0.05, 0.1) is 10.6 Å². The molecule has 6 nitrogen and oxygen atoms in total. The van der Waals surface area contributed by atoms with Gasteiger partial charge in [-0.2, -0.15) is 0 Å². The van der Waals surface area contributed by atoms with E-state index < -0.39 is 23.2 Å². The Balaban J connectivity index is 1.69. The lowest BCUT2D eigenvalue weighted by molar-refractivity contribution is -0.121. The smallest absolute Gasteiger partial charge is 0.256 e. The van der Waals surface area contributed by atoms with E-state index in [1.807, 2.05) is 31.3 Å². The van der Waals surface area contributed by atoms with Gasteiger partial charge in [-0.3, -0.25) is 9.59 Å². The zero-order valence-electron chi connectivity index (χ0n) is 16.1. The van der Waals surface area contributed by atoms with Crippen LogP contribution in [0.4, 0.5) is 10.1 Å². The number of amides is 2. The number of aryl methyl sites for hydroxylation is 1. The van der Waals surface area contributed by atoms with E-state index >= 15 is 0 Å². The molecule has 0 aliphatic carbocycles. The predicted molar refractivity (Wildman–Crippen MR) is 110 cm³/mol. The highest BCUT2D eigenvalue weighted by Gasteiger charge is 2.60. The fourth-order valence-corrected chi connectivity index (χ4v) is 4.92. The molecule has 0 saturated carbocycles. The van der Waals surface area contributed by atoms with Crippen LogP contribution in [-0.2, 0) is 17.3 Å². The maximum absolute atomic E-state index is 13.9. The molecule has 3 aromatic rings. The number of anilines is 1. The van der Waals surface area contributed by atoms with E-state index in [4.69, 9.17) is 11.6 Å². The molecule has 0 radical (unpaired) electrons. The summed E-state index contributed by atoms with van der Waals surface area (Å²) in [6.07, 6.45) is 3.84. The summed E-state index contributed by atoms with van der Waals surface area (Å²) >= 11 is 6.22. The van der Waals surface area contributed by atoms with E-state index in [1.54, 1.807) is 21.9 Å². The average molecular weight is 425 g/mol. The van der Waals surface area contributed by atoms with E-state index in [2.05, 4.69) is 10.3 Å². The first-order chi connectivity index (χ1) is 14.4. The predicted octanol–water partition coefficient (Wildman–Crippen LogP) is 3.69. The number of rotatable bonds is 2. The fourth-order valence-electron chi connectivity index (χ4n) is 4.72.